The number of ether oxygens (including phenoxy) is 1. The van der Waals surface area contributed by atoms with Gasteiger partial charge in [0.05, 0.1) is 0 Å². The first-order valence-corrected chi connectivity index (χ1v) is 7.82. The first kappa shape index (κ1) is 13.4. The predicted octanol–water partition coefficient (Wildman–Crippen LogP) is 4.66. The van der Waals surface area contributed by atoms with E-state index in [0.717, 1.165) is 30.3 Å². The van der Waals surface area contributed by atoms with Gasteiger partial charge in [0.15, 0.2) is 0 Å². The molecule has 100 valence electrons. The van der Waals surface area contributed by atoms with Crippen molar-refractivity contribution in [3.05, 3.63) is 0 Å². The van der Waals surface area contributed by atoms with Gasteiger partial charge < -0.3 is 4.74 Å². The SMILES string of the molecule is CCC1CCC([C@H]2CC[C@H](COC)CC2)CC1. The summed E-state index contributed by atoms with van der Waals surface area (Å²) in [6.07, 6.45) is 13.3. The van der Waals surface area contributed by atoms with Crippen molar-refractivity contribution in [2.24, 2.45) is 23.7 Å². The van der Waals surface area contributed by atoms with Crippen LogP contribution in [0, 0.1) is 23.7 Å². The Hall–Kier alpha value is -0.0400. The van der Waals surface area contributed by atoms with E-state index in [2.05, 4.69) is 6.92 Å². The van der Waals surface area contributed by atoms with E-state index in [1.807, 2.05) is 7.11 Å². The summed E-state index contributed by atoms with van der Waals surface area (Å²) < 4.78 is 5.29. The molecule has 1 heteroatoms. The summed E-state index contributed by atoms with van der Waals surface area (Å²) in [4.78, 5) is 0. The normalized spacial score (nSPS) is 39.2. The molecule has 0 spiro atoms. The second-order valence-electron chi connectivity index (χ2n) is 6.43. The quantitative estimate of drug-likeness (QED) is 0.692. The fourth-order valence-electron chi connectivity index (χ4n) is 4.13. The van der Waals surface area contributed by atoms with Crippen molar-refractivity contribution in [2.75, 3.05) is 13.7 Å². The Balaban J connectivity index is 1.70. The Morgan fingerprint density at radius 2 is 1.24 bits per heavy atom. The van der Waals surface area contributed by atoms with Crippen molar-refractivity contribution in [1.29, 1.82) is 0 Å². The van der Waals surface area contributed by atoms with Gasteiger partial charge in [0.25, 0.3) is 0 Å². The van der Waals surface area contributed by atoms with Gasteiger partial charge in [0.1, 0.15) is 0 Å². The van der Waals surface area contributed by atoms with E-state index < -0.39 is 0 Å². The minimum Gasteiger partial charge on any atom is -0.384 e. The molecule has 0 aromatic heterocycles. The second kappa shape index (κ2) is 6.78. The number of methoxy groups -OCH3 is 1. The van der Waals surface area contributed by atoms with Gasteiger partial charge >= 0.3 is 0 Å². The largest absolute Gasteiger partial charge is 0.384 e. The standard InChI is InChI=1S/C16H30O/c1-3-13-4-8-15(9-5-13)16-10-6-14(7-11-16)12-17-2/h13-16H,3-12H2,1-2H3/t13?,14-,15?,16-. The molecule has 0 unspecified atom stereocenters. The highest BCUT2D eigenvalue weighted by Crippen LogP contribution is 2.41. The lowest BCUT2D eigenvalue weighted by Gasteiger charge is -2.37. The molecule has 0 bridgehead atoms. The molecule has 0 saturated heterocycles. The van der Waals surface area contributed by atoms with Crippen molar-refractivity contribution in [2.45, 2.75) is 64.7 Å². The molecule has 2 rings (SSSR count). The van der Waals surface area contributed by atoms with Crippen LogP contribution in [0.5, 0.6) is 0 Å². The summed E-state index contributed by atoms with van der Waals surface area (Å²) in [5.41, 5.74) is 0. The van der Waals surface area contributed by atoms with Gasteiger partial charge in [-0.1, -0.05) is 26.2 Å². The molecule has 17 heavy (non-hydrogen) atoms. The van der Waals surface area contributed by atoms with Gasteiger partial charge in [-0.25, -0.2) is 0 Å². The summed E-state index contributed by atoms with van der Waals surface area (Å²) in [7, 11) is 1.85. The van der Waals surface area contributed by atoms with Crippen LogP contribution in [0.15, 0.2) is 0 Å². The van der Waals surface area contributed by atoms with E-state index in [-0.39, 0.29) is 0 Å². The van der Waals surface area contributed by atoms with Crippen LogP contribution in [0.1, 0.15) is 64.7 Å². The zero-order valence-electron chi connectivity index (χ0n) is 11.8. The third-order valence-electron chi connectivity index (χ3n) is 5.43. The van der Waals surface area contributed by atoms with E-state index in [4.69, 9.17) is 4.74 Å². The maximum Gasteiger partial charge on any atom is 0.0490 e. The predicted molar refractivity (Wildman–Crippen MR) is 73.1 cm³/mol. The zero-order chi connectivity index (χ0) is 12.1. The Bertz CT molecular complexity index is 198. The molecule has 0 heterocycles. The van der Waals surface area contributed by atoms with Gasteiger partial charge in [0, 0.05) is 13.7 Å². The molecule has 1 nitrogen and oxygen atoms in total. The first-order chi connectivity index (χ1) is 8.33. The van der Waals surface area contributed by atoms with E-state index in [0.29, 0.717) is 0 Å². The van der Waals surface area contributed by atoms with Gasteiger partial charge in [-0.15, -0.1) is 0 Å². The molecule has 0 aromatic rings. The van der Waals surface area contributed by atoms with Crippen LogP contribution in [0.4, 0.5) is 0 Å². The molecule has 0 radical (unpaired) electrons. The van der Waals surface area contributed by atoms with Gasteiger partial charge in [-0.05, 0) is 62.2 Å². The van der Waals surface area contributed by atoms with Crippen molar-refractivity contribution in [3.63, 3.8) is 0 Å². The molecular formula is C16H30O. The topological polar surface area (TPSA) is 9.23 Å². The Labute approximate surface area is 107 Å². The van der Waals surface area contributed by atoms with Gasteiger partial charge in [-0.2, -0.15) is 0 Å². The van der Waals surface area contributed by atoms with Crippen molar-refractivity contribution >= 4 is 0 Å². The monoisotopic (exact) mass is 238 g/mol. The molecule has 2 saturated carbocycles. The highest BCUT2D eigenvalue weighted by Gasteiger charge is 2.30. The minimum absolute atomic E-state index is 0.864. The van der Waals surface area contributed by atoms with E-state index >= 15 is 0 Å². The van der Waals surface area contributed by atoms with E-state index in [1.165, 1.54) is 57.8 Å². The van der Waals surface area contributed by atoms with Crippen LogP contribution in [0.3, 0.4) is 0 Å². The summed E-state index contributed by atoms with van der Waals surface area (Å²) in [6.45, 7) is 3.36. The van der Waals surface area contributed by atoms with Gasteiger partial charge in [0.2, 0.25) is 0 Å². The lowest BCUT2D eigenvalue weighted by Crippen LogP contribution is -2.26. The smallest absolute Gasteiger partial charge is 0.0490 e. The fraction of sp³-hybridized carbons (Fsp3) is 1.00. The zero-order valence-corrected chi connectivity index (χ0v) is 11.8. The maximum absolute atomic E-state index is 5.29. The third kappa shape index (κ3) is 3.71. The van der Waals surface area contributed by atoms with Crippen LogP contribution in [-0.2, 0) is 4.74 Å². The summed E-state index contributed by atoms with van der Waals surface area (Å²) in [6, 6.07) is 0. The number of hydrogen-bond donors (Lipinski definition) is 0. The average molecular weight is 238 g/mol. The van der Waals surface area contributed by atoms with Crippen LogP contribution < -0.4 is 0 Å². The van der Waals surface area contributed by atoms with E-state index in [9.17, 15) is 0 Å². The highest BCUT2D eigenvalue weighted by molar-refractivity contribution is 4.81. The van der Waals surface area contributed by atoms with Crippen LogP contribution in [0.2, 0.25) is 0 Å². The van der Waals surface area contributed by atoms with Gasteiger partial charge in [-0.3, -0.25) is 0 Å². The van der Waals surface area contributed by atoms with Crippen LogP contribution >= 0.6 is 0 Å². The van der Waals surface area contributed by atoms with Crippen LogP contribution in [-0.4, -0.2) is 13.7 Å². The summed E-state index contributed by atoms with van der Waals surface area (Å²) in [5, 5.41) is 0. The fourth-order valence-corrected chi connectivity index (χ4v) is 4.13. The lowest BCUT2D eigenvalue weighted by atomic mass is 9.69. The molecular weight excluding hydrogens is 208 g/mol. The lowest BCUT2D eigenvalue weighted by molar-refractivity contribution is 0.0931. The van der Waals surface area contributed by atoms with Crippen molar-refractivity contribution in [1.82, 2.24) is 0 Å². The van der Waals surface area contributed by atoms with Crippen molar-refractivity contribution < 1.29 is 4.74 Å². The average Bonchev–Trinajstić information content (AvgIpc) is 2.40. The Morgan fingerprint density at radius 1 is 0.765 bits per heavy atom. The molecule has 2 aliphatic rings. The molecule has 0 N–H and O–H groups in total. The Kier molecular flexibility index (Phi) is 5.34. The summed E-state index contributed by atoms with van der Waals surface area (Å²) in [5.74, 6) is 4.04. The molecule has 0 atom stereocenters. The molecule has 2 aliphatic carbocycles. The molecule has 0 aliphatic heterocycles. The summed E-state index contributed by atoms with van der Waals surface area (Å²) >= 11 is 0. The third-order valence-corrected chi connectivity index (χ3v) is 5.43. The molecule has 2 fully saturated rings. The first-order valence-electron chi connectivity index (χ1n) is 7.82. The Morgan fingerprint density at radius 3 is 1.65 bits per heavy atom. The van der Waals surface area contributed by atoms with Crippen molar-refractivity contribution in [3.8, 4) is 0 Å². The van der Waals surface area contributed by atoms with Crippen LogP contribution in [0.25, 0.3) is 0 Å². The van der Waals surface area contributed by atoms with E-state index in [1.54, 1.807) is 0 Å². The number of rotatable bonds is 4. The molecule has 0 aromatic carbocycles. The minimum atomic E-state index is 0.864. The maximum atomic E-state index is 5.29. The number of hydrogen-bond acceptors (Lipinski definition) is 1. The highest BCUT2D eigenvalue weighted by atomic mass is 16.5. The molecule has 0 amide bonds. The second-order valence-corrected chi connectivity index (χ2v) is 6.43.